The van der Waals surface area contributed by atoms with Gasteiger partial charge in [0.05, 0.1) is 0 Å². The van der Waals surface area contributed by atoms with Crippen molar-refractivity contribution >= 4 is 24.8 Å². The molecule has 0 aliphatic carbocycles. The molecule has 3 nitrogen and oxygen atoms in total. The van der Waals surface area contributed by atoms with Crippen LogP contribution >= 0.6 is 24.8 Å². The van der Waals surface area contributed by atoms with Crippen LogP contribution in [0.1, 0.15) is 18.5 Å². The Balaban J connectivity index is 0. The van der Waals surface area contributed by atoms with Crippen LogP contribution in [0, 0.1) is 0 Å². The van der Waals surface area contributed by atoms with Gasteiger partial charge in [-0.2, -0.15) is 0 Å². The molecule has 0 aromatic carbocycles. The molecule has 3 N–H and O–H groups in total. The summed E-state index contributed by atoms with van der Waals surface area (Å²) in [6, 6.07) is 3.18. The van der Waals surface area contributed by atoms with E-state index >= 15 is 0 Å². The summed E-state index contributed by atoms with van der Waals surface area (Å²) >= 11 is 0. The summed E-state index contributed by atoms with van der Waals surface area (Å²) < 4.78 is 0. The minimum absolute atomic E-state index is 0. The maximum absolute atomic E-state index is 10.5. The lowest BCUT2D eigenvalue weighted by Gasteiger charge is -2.01. The molecule has 0 radical (unpaired) electrons. The molecule has 0 saturated heterocycles. The zero-order chi connectivity index (χ0) is 7.56. The fourth-order valence-corrected chi connectivity index (χ4v) is 0.706. The van der Waals surface area contributed by atoms with Crippen molar-refractivity contribution < 1.29 is 0 Å². The SMILES string of the molecule is C[C@@H](N)c1ccc(=O)[nH]c1.Cl.Cl. The van der Waals surface area contributed by atoms with Crippen molar-refractivity contribution in [3.05, 3.63) is 34.2 Å². The highest BCUT2D eigenvalue weighted by Crippen LogP contribution is 2.03. The average Bonchev–Trinajstić information content (AvgIpc) is 1.88. The molecule has 1 aromatic heterocycles. The summed E-state index contributed by atoms with van der Waals surface area (Å²) in [4.78, 5) is 13.1. The van der Waals surface area contributed by atoms with Crippen LogP contribution in [0.4, 0.5) is 0 Å². The van der Waals surface area contributed by atoms with E-state index in [1.54, 1.807) is 12.3 Å². The Kier molecular flexibility index (Phi) is 7.09. The Labute approximate surface area is 83.2 Å². The highest BCUT2D eigenvalue weighted by atomic mass is 35.5. The largest absolute Gasteiger partial charge is 0.329 e. The standard InChI is InChI=1S/C7H10N2O.2ClH/c1-5(8)6-2-3-7(10)9-4-6;;/h2-5H,8H2,1H3,(H,9,10);2*1H/t5-;;/m1../s1. The van der Waals surface area contributed by atoms with Gasteiger partial charge in [-0.25, -0.2) is 0 Å². The molecule has 1 atom stereocenters. The van der Waals surface area contributed by atoms with Crippen molar-refractivity contribution in [3.8, 4) is 0 Å². The second-order valence-corrected chi connectivity index (χ2v) is 2.27. The van der Waals surface area contributed by atoms with E-state index in [0.29, 0.717) is 0 Å². The Bertz CT molecular complexity index is 252. The number of aromatic amines is 1. The van der Waals surface area contributed by atoms with Gasteiger partial charge in [-0.3, -0.25) is 4.79 Å². The lowest BCUT2D eigenvalue weighted by atomic mass is 10.2. The maximum Gasteiger partial charge on any atom is 0.247 e. The number of nitrogens with two attached hydrogens (primary N) is 1. The van der Waals surface area contributed by atoms with E-state index in [4.69, 9.17) is 5.73 Å². The summed E-state index contributed by atoms with van der Waals surface area (Å²) in [6.07, 6.45) is 1.63. The van der Waals surface area contributed by atoms with Crippen LogP contribution in [0.3, 0.4) is 0 Å². The van der Waals surface area contributed by atoms with Gasteiger partial charge in [-0.15, -0.1) is 24.8 Å². The highest BCUT2D eigenvalue weighted by Gasteiger charge is 1.95. The third-order valence-corrected chi connectivity index (χ3v) is 1.33. The molecule has 0 fully saturated rings. The fourth-order valence-electron chi connectivity index (χ4n) is 0.706. The maximum atomic E-state index is 10.5. The van der Waals surface area contributed by atoms with Gasteiger partial charge in [-0.05, 0) is 12.5 Å². The van der Waals surface area contributed by atoms with Crippen LogP contribution < -0.4 is 11.3 Å². The first-order valence-electron chi connectivity index (χ1n) is 3.14. The molecule has 1 aromatic rings. The lowest BCUT2D eigenvalue weighted by molar-refractivity contribution is 0.810. The van der Waals surface area contributed by atoms with Gasteiger partial charge >= 0.3 is 0 Å². The first-order chi connectivity index (χ1) is 4.70. The van der Waals surface area contributed by atoms with Crippen molar-refractivity contribution in [3.63, 3.8) is 0 Å². The summed E-state index contributed by atoms with van der Waals surface area (Å²) in [5.74, 6) is 0. The van der Waals surface area contributed by atoms with E-state index in [-0.39, 0.29) is 36.4 Å². The number of nitrogens with one attached hydrogen (secondary N) is 1. The van der Waals surface area contributed by atoms with E-state index in [1.165, 1.54) is 6.07 Å². The molecule has 1 rings (SSSR count). The Morgan fingerprint density at radius 2 is 2.00 bits per heavy atom. The number of rotatable bonds is 1. The predicted octanol–water partition coefficient (Wildman–Crippen LogP) is 1.24. The topological polar surface area (TPSA) is 58.9 Å². The molecule has 0 amide bonds. The molecule has 0 spiro atoms. The van der Waals surface area contributed by atoms with Crippen molar-refractivity contribution in [2.75, 3.05) is 0 Å². The zero-order valence-electron chi connectivity index (χ0n) is 6.61. The lowest BCUT2D eigenvalue weighted by Crippen LogP contribution is -2.09. The van der Waals surface area contributed by atoms with Gasteiger partial charge in [0.2, 0.25) is 5.56 Å². The van der Waals surface area contributed by atoms with Gasteiger partial charge in [0.1, 0.15) is 0 Å². The van der Waals surface area contributed by atoms with E-state index in [2.05, 4.69) is 4.98 Å². The van der Waals surface area contributed by atoms with Crippen molar-refractivity contribution in [2.24, 2.45) is 5.73 Å². The van der Waals surface area contributed by atoms with Crippen molar-refractivity contribution in [1.82, 2.24) is 4.98 Å². The van der Waals surface area contributed by atoms with Crippen LogP contribution in [-0.2, 0) is 0 Å². The minimum atomic E-state index is -0.0931. The highest BCUT2D eigenvalue weighted by molar-refractivity contribution is 5.85. The Morgan fingerprint density at radius 3 is 2.33 bits per heavy atom. The summed E-state index contributed by atoms with van der Waals surface area (Å²) in [5.41, 5.74) is 6.39. The van der Waals surface area contributed by atoms with Crippen LogP contribution in [0.5, 0.6) is 0 Å². The molecule has 0 bridgehead atoms. The molecule has 0 unspecified atom stereocenters. The normalized spacial score (nSPS) is 10.8. The summed E-state index contributed by atoms with van der Waals surface area (Å²) in [6.45, 7) is 1.87. The molecular weight excluding hydrogens is 199 g/mol. The molecule has 1 heterocycles. The Hall–Kier alpha value is -0.510. The predicted molar refractivity (Wildman–Crippen MR) is 54.2 cm³/mol. The van der Waals surface area contributed by atoms with Crippen LogP contribution in [0.2, 0.25) is 0 Å². The number of pyridine rings is 1. The quantitative estimate of drug-likeness (QED) is 0.734. The molecule has 70 valence electrons. The number of hydrogen-bond acceptors (Lipinski definition) is 2. The number of hydrogen-bond donors (Lipinski definition) is 2. The third kappa shape index (κ3) is 3.76. The van der Waals surface area contributed by atoms with Crippen LogP contribution in [-0.4, -0.2) is 4.98 Å². The van der Waals surface area contributed by atoms with Gasteiger partial charge in [0.25, 0.3) is 0 Å². The number of H-pyrrole nitrogens is 1. The Morgan fingerprint density at radius 1 is 1.42 bits per heavy atom. The van der Waals surface area contributed by atoms with Crippen LogP contribution in [0.15, 0.2) is 23.1 Å². The fraction of sp³-hybridized carbons (Fsp3) is 0.286. The second-order valence-electron chi connectivity index (χ2n) is 2.27. The first kappa shape index (κ1) is 14.0. The average molecular weight is 211 g/mol. The molecular formula is C7H12Cl2N2O. The van der Waals surface area contributed by atoms with Crippen molar-refractivity contribution in [1.29, 1.82) is 0 Å². The van der Waals surface area contributed by atoms with Crippen molar-refractivity contribution in [2.45, 2.75) is 13.0 Å². The van der Waals surface area contributed by atoms with Gasteiger partial charge in [-0.1, -0.05) is 6.07 Å². The summed E-state index contributed by atoms with van der Waals surface area (Å²) in [5, 5.41) is 0. The molecule has 5 heteroatoms. The summed E-state index contributed by atoms with van der Waals surface area (Å²) in [7, 11) is 0. The van der Waals surface area contributed by atoms with E-state index in [1.807, 2.05) is 6.92 Å². The third-order valence-electron chi connectivity index (χ3n) is 1.33. The first-order valence-corrected chi connectivity index (χ1v) is 3.14. The molecule has 0 aliphatic rings. The van der Waals surface area contributed by atoms with Gasteiger partial charge in [0, 0.05) is 18.3 Å². The zero-order valence-corrected chi connectivity index (χ0v) is 8.24. The van der Waals surface area contributed by atoms with Gasteiger partial charge in [0.15, 0.2) is 0 Å². The van der Waals surface area contributed by atoms with Crippen LogP contribution in [0.25, 0.3) is 0 Å². The minimum Gasteiger partial charge on any atom is -0.329 e. The second kappa shape index (κ2) is 6.06. The number of aromatic nitrogens is 1. The van der Waals surface area contributed by atoms with Gasteiger partial charge < -0.3 is 10.7 Å². The van der Waals surface area contributed by atoms with E-state index in [0.717, 1.165) is 5.56 Å². The smallest absolute Gasteiger partial charge is 0.247 e. The molecule has 0 aliphatic heterocycles. The monoisotopic (exact) mass is 210 g/mol. The van der Waals surface area contributed by atoms with E-state index in [9.17, 15) is 4.79 Å². The molecule has 12 heavy (non-hydrogen) atoms. The molecule has 0 saturated carbocycles. The number of halogens is 2. The van der Waals surface area contributed by atoms with E-state index < -0.39 is 0 Å².